The number of aromatic nitrogens is 1. The van der Waals surface area contributed by atoms with Crippen LogP contribution in [0.4, 0.5) is 4.39 Å². The number of hydrogen-bond donors (Lipinski definition) is 2. The number of rotatable bonds is 9. The quantitative estimate of drug-likeness (QED) is 0.541. The summed E-state index contributed by atoms with van der Waals surface area (Å²) in [5, 5.41) is 3.65. The Morgan fingerprint density at radius 1 is 1.07 bits per heavy atom. The topological polar surface area (TPSA) is 71.2 Å². The lowest BCUT2D eigenvalue weighted by atomic mass is 10.1. The van der Waals surface area contributed by atoms with Gasteiger partial charge in [-0.1, -0.05) is 18.2 Å². The van der Waals surface area contributed by atoms with E-state index >= 15 is 0 Å². The lowest BCUT2D eigenvalue weighted by Crippen LogP contribution is -2.25. The second-order valence-corrected chi connectivity index (χ2v) is 6.97. The van der Waals surface area contributed by atoms with Crippen LogP contribution in [0.3, 0.4) is 0 Å². The molecule has 0 radical (unpaired) electrons. The third-order valence-electron chi connectivity index (χ3n) is 4.89. The van der Waals surface area contributed by atoms with E-state index in [1.807, 2.05) is 24.3 Å². The molecule has 6 heteroatoms. The summed E-state index contributed by atoms with van der Waals surface area (Å²) in [5.74, 6) is 0.409. The highest BCUT2D eigenvalue weighted by Crippen LogP contribution is 2.19. The number of benzene rings is 2. The molecule has 2 aromatic carbocycles. The van der Waals surface area contributed by atoms with Gasteiger partial charge in [-0.15, -0.1) is 0 Å². The molecule has 0 spiro atoms. The van der Waals surface area contributed by atoms with E-state index in [1.165, 1.54) is 12.1 Å². The number of para-hydroxylation sites is 1. The van der Waals surface area contributed by atoms with Crippen molar-refractivity contribution >= 4 is 16.8 Å². The molecule has 1 heterocycles. The molecule has 152 valence electrons. The summed E-state index contributed by atoms with van der Waals surface area (Å²) >= 11 is 0. The molecule has 0 saturated carbocycles. The van der Waals surface area contributed by atoms with Gasteiger partial charge in [-0.25, -0.2) is 4.39 Å². The van der Waals surface area contributed by atoms with Crippen LogP contribution in [-0.2, 0) is 17.6 Å². The van der Waals surface area contributed by atoms with E-state index in [9.17, 15) is 14.0 Å². The van der Waals surface area contributed by atoms with Crippen molar-refractivity contribution in [3.63, 3.8) is 0 Å². The Morgan fingerprint density at radius 3 is 2.72 bits per heavy atom. The van der Waals surface area contributed by atoms with E-state index < -0.39 is 5.82 Å². The van der Waals surface area contributed by atoms with Crippen molar-refractivity contribution in [1.82, 2.24) is 10.3 Å². The largest absolute Gasteiger partial charge is 0.496 e. The van der Waals surface area contributed by atoms with Gasteiger partial charge in [0.2, 0.25) is 5.91 Å². The van der Waals surface area contributed by atoms with Crippen LogP contribution in [0.25, 0.3) is 10.9 Å². The van der Waals surface area contributed by atoms with Crippen LogP contribution in [0.2, 0.25) is 0 Å². The minimum absolute atomic E-state index is 0.0825. The van der Waals surface area contributed by atoms with E-state index in [2.05, 4.69) is 10.3 Å². The van der Waals surface area contributed by atoms with Crippen LogP contribution in [0, 0.1) is 5.82 Å². The number of aromatic amines is 1. The van der Waals surface area contributed by atoms with Gasteiger partial charge in [0.1, 0.15) is 11.6 Å². The molecule has 0 aliphatic carbocycles. The third kappa shape index (κ3) is 5.67. The Hall–Kier alpha value is -3.15. The van der Waals surface area contributed by atoms with Crippen molar-refractivity contribution in [1.29, 1.82) is 0 Å². The maximum atomic E-state index is 13.2. The summed E-state index contributed by atoms with van der Waals surface area (Å²) in [6, 6.07) is 13.9. The number of nitrogens with one attached hydrogen (secondary N) is 2. The van der Waals surface area contributed by atoms with E-state index in [-0.39, 0.29) is 17.9 Å². The number of aryl methyl sites for hydroxylation is 2. The number of amides is 1. The van der Waals surface area contributed by atoms with Crippen molar-refractivity contribution in [3.8, 4) is 5.75 Å². The van der Waals surface area contributed by atoms with E-state index in [0.29, 0.717) is 24.0 Å². The van der Waals surface area contributed by atoms with Crippen LogP contribution >= 0.6 is 0 Å². The highest BCUT2D eigenvalue weighted by molar-refractivity contribution is 5.79. The van der Waals surface area contributed by atoms with Gasteiger partial charge in [-0.3, -0.25) is 9.59 Å². The van der Waals surface area contributed by atoms with E-state index in [1.54, 1.807) is 19.2 Å². The Bertz CT molecular complexity index is 1050. The molecule has 0 atom stereocenters. The van der Waals surface area contributed by atoms with E-state index in [0.717, 1.165) is 36.0 Å². The van der Waals surface area contributed by atoms with Crippen molar-refractivity contribution in [2.45, 2.75) is 32.1 Å². The molecule has 2 N–H and O–H groups in total. The number of carbonyl (C=O) groups is 1. The van der Waals surface area contributed by atoms with Crippen LogP contribution in [-0.4, -0.2) is 24.5 Å². The van der Waals surface area contributed by atoms with Gasteiger partial charge in [0.15, 0.2) is 0 Å². The van der Waals surface area contributed by atoms with Crippen LogP contribution in [0.15, 0.2) is 53.3 Å². The number of H-pyrrole nitrogens is 1. The van der Waals surface area contributed by atoms with Crippen molar-refractivity contribution in [3.05, 3.63) is 75.8 Å². The molecule has 3 rings (SSSR count). The smallest absolute Gasteiger partial charge is 0.251 e. The van der Waals surface area contributed by atoms with Gasteiger partial charge in [0, 0.05) is 18.5 Å². The minimum atomic E-state index is -0.397. The Morgan fingerprint density at radius 2 is 1.90 bits per heavy atom. The molecule has 29 heavy (non-hydrogen) atoms. The molecule has 5 nitrogen and oxygen atoms in total. The van der Waals surface area contributed by atoms with Gasteiger partial charge in [0.25, 0.3) is 5.56 Å². The average molecular weight is 396 g/mol. The monoisotopic (exact) mass is 396 g/mol. The fourth-order valence-electron chi connectivity index (χ4n) is 3.32. The highest BCUT2D eigenvalue weighted by Gasteiger charge is 2.08. The predicted octanol–water partition coefficient (Wildman–Crippen LogP) is 3.75. The number of carbonyl (C=O) groups excluding carboxylic acids is 1. The molecular weight excluding hydrogens is 371 g/mol. The molecule has 0 aliphatic rings. The molecule has 3 aromatic rings. The third-order valence-corrected chi connectivity index (χ3v) is 4.89. The number of unbranched alkanes of at least 4 members (excludes halogenated alkanes) is 1. The fourth-order valence-corrected chi connectivity index (χ4v) is 3.32. The molecular formula is C23H25FN2O3. The second-order valence-electron chi connectivity index (χ2n) is 6.97. The zero-order valence-corrected chi connectivity index (χ0v) is 16.5. The van der Waals surface area contributed by atoms with Crippen molar-refractivity contribution in [2.75, 3.05) is 13.7 Å². The maximum absolute atomic E-state index is 13.2. The average Bonchev–Trinajstić information content (AvgIpc) is 2.72. The Balaban J connectivity index is 1.42. The van der Waals surface area contributed by atoms with E-state index in [4.69, 9.17) is 4.74 Å². The first kappa shape index (κ1) is 20.6. The minimum Gasteiger partial charge on any atom is -0.496 e. The zero-order valence-electron chi connectivity index (χ0n) is 16.5. The number of ether oxygens (including phenoxy) is 1. The van der Waals surface area contributed by atoms with Gasteiger partial charge in [-0.2, -0.15) is 0 Å². The lowest BCUT2D eigenvalue weighted by Gasteiger charge is -2.08. The van der Waals surface area contributed by atoms with Gasteiger partial charge in [-0.05, 0) is 67.0 Å². The lowest BCUT2D eigenvalue weighted by molar-refractivity contribution is -0.121. The molecule has 0 bridgehead atoms. The van der Waals surface area contributed by atoms with Gasteiger partial charge >= 0.3 is 0 Å². The predicted molar refractivity (Wildman–Crippen MR) is 112 cm³/mol. The molecule has 0 aliphatic heterocycles. The summed E-state index contributed by atoms with van der Waals surface area (Å²) in [7, 11) is 1.66. The second kappa shape index (κ2) is 9.87. The standard InChI is InChI=1S/C23H25FN2O3/c1-29-21-8-3-2-6-16(21)7-4-5-13-25-22(27)12-10-18-14-17-9-11-19(24)15-20(17)26-23(18)28/h2-3,6,8-9,11,14-15H,4-5,7,10,12-13H2,1H3,(H,25,27)(H,26,28). The number of halogens is 1. The SMILES string of the molecule is COc1ccccc1CCCCNC(=O)CCc1cc2ccc(F)cc2[nH]c1=O. The maximum Gasteiger partial charge on any atom is 0.251 e. The normalized spacial score (nSPS) is 10.8. The molecule has 1 amide bonds. The molecule has 1 aromatic heterocycles. The molecule has 0 saturated heterocycles. The zero-order chi connectivity index (χ0) is 20.6. The molecule has 0 fully saturated rings. The molecule has 0 unspecified atom stereocenters. The first-order valence-corrected chi connectivity index (χ1v) is 9.77. The number of hydrogen-bond acceptors (Lipinski definition) is 3. The number of fused-ring (bicyclic) bond motifs is 1. The summed E-state index contributed by atoms with van der Waals surface area (Å²) in [6.07, 6.45) is 3.29. The highest BCUT2D eigenvalue weighted by atomic mass is 19.1. The summed E-state index contributed by atoms with van der Waals surface area (Å²) in [6.45, 7) is 0.599. The van der Waals surface area contributed by atoms with Crippen LogP contribution in [0.1, 0.15) is 30.4 Å². The Kier molecular flexibility index (Phi) is 7.00. The first-order valence-electron chi connectivity index (χ1n) is 9.77. The number of pyridine rings is 1. The Labute approximate surface area is 168 Å². The number of methoxy groups -OCH3 is 1. The van der Waals surface area contributed by atoms with Crippen LogP contribution in [0.5, 0.6) is 5.75 Å². The fraction of sp³-hybridized carbons (Fsp3) is 0.304. The first-order chi connectivity index (χ1) is 14.1. The summed E-state index contributed by atoms with van der Waals surface area (Å²) in [5.41, 5.74) is 1.86. The van der Waals surface area contributed by atoms with Crippen molar-refractivity contribution in [2.24, 2.45) is 0 Å². The van der Waals surface area contributed by atoms with Gasteiger partial charge in [0.05, 0.1) is 12.6 Å². The van der Waals surface area contributed by atoms with Crippen LogP contribution < -0.4 is 15.6 Å². The summed E-state index contributed by atoms with van der Waals surface area (Å²) in [4.78, 5) is 26.9. The van der Waals surface area contributed by atoms with Gasteiger partial charge < -0.3 is 15.0 Å². The summed E-state index contributed by atoms with van der Waals surface area (Å²) < 4.78 is 18.6. The van der Waals surface area contributed by atoms with Crippen molar-refractivity contribution < 1.29 is 13.9 Å².